The van der Waals surface area contributed by atoms with E-state index in [-0.39, 0.29) is 25.4 Å². The van der Waals surface area contributed by atoms with E-state index in [1.54, 1.807) is 12.4 Å². The van der Waals surface area contributed by atoms with Crippen LogP contribution in [0.3, 0.4) is 0 Å². The third-order valence-corrected chi connectivity index (χ3v) is 4.04. The lowest BCUT2D eigenvalue weighted by Gasteiger charge is -2.49. The van der Waals surface area contributed by atoms with Gasteiger partial charge in [0.1, 0.15) is 5.54 Å². The minimum Gasteiger partial charge on any atom is -0.292 e. The lowest BCUT2D eigenvalue weighted by atomic mass is 9.86. The Bertz CT molecular complexity index is 593. The van der Waals surface area contributed by atoms with E-state index in [0.717, 1.165) is 10.5 Å². The number of nitriles is 1. The van der Waals surface area contributed by atoms with Crippen molar-refractivity contribution in [3.05, 3.63) is 18.0 Å². The van der Waals surface area contributed by atoms with Crippen LogP contribution in [0.5, 0.6) is 0 Å². The van der Waals surface area contributed by atoms with Crippen LogP contribution in [0.25, 0.3) is 0 Å². The molecule has 4 nitrogen and oxygen atoms in total. The van der Waals surface area contributed by atoms with Crippen LogP contribution in [0.4, 0.5) is 22.0 Å². The number of hydrogen-bond acceptors (Lipinski definition) is 3. The molecule has 0 radical (unpaired) electrons. The molecular weight excluding hydrogens is 319 g/mol. The largest absolute Gasteiger partial charge is 0.454 e. The van der Waals surface area contributed by atoms with Crippen molar-refractivity contribution in [1.82, 2.24) is 14.7 Å². The van der Waals surface area contributed by atoms with E-state index in [4.69, 9.17) is 5.26 Å². The predicted molar refractivity (Wildman–Crippen MR) is 72.0 cm³/mol. The van der Waals surface area contributed by atoms with Crippen LogP contribution in [0.1, 0.15) is 31.7 Å². The molecule has 0 bridgehead atoms. The molecule has 1 aliphatic rings. The normalized spacial score (nSPS) is 18.7. The van der Waals surface area contributed by atoms with Gasteiger partial charge in [0.2, 0.25) is 0 Å². The SMILES string of the molecule is CC(C)c1cnn(C2(CC#N)CN(CC(F)(F)C(F)(F)F)C2)c1. The monoisotopic (exact) mass is 336 g/mol. The van der Waals surface area contributed by atoms with Crippen LogP contribution < -0.4 is 0 Å². The Hall–Kier alpha value is -1.69. The van der Waals surface area contributed by atoms with Gasteiger partial charge in [-0.05, 0) is 11.5 Å². The molecule has 23 heavy (non-hydrogen) atoms. The number of hydrogen-bond donors (Lipinski definition) is 0. The Morgan fingerprint density at radius 2 is 1.91 bits per heavy atom. The van der Waals surface area contributed by atoms with E-state index >= 15 is 0 Å². The quantitative estimate of drug-likeness (QED) is 0.776. The second-order valence-electron chi connectivity index (χ2n) is 6.28. The van der Waals surface area contributed by atoms with E-state index in [1.807, 2.05) is 19.9 Å². The highest BCUT2D eigenvalue weighted by Gasteiger charge is 2.60. The summed E-state index contributed by atoms with van der Waals surface area (Å²) in [7, 11) is 0. The highest BCUT2D eigenvalue weighted by molar-refractivity contribution is 5.14. The number of likely N-dealkylation sites (tertiary alicyclic amines) is 1. The van der Waals surface area contributed by atoms with Crippen LogP contribution in [-0.4, -0.2) is 46.4 Å². The average molecular weight is 336 g/mol. The highest BCUT2D eigenvalue weighted by atomic mass is 19.4. The molecule has 1 fully saturated rings. The van der Waals surface area contributed by atoms with Crippen molar-refractivity contribution in [2.75, 3.05) is 19.6 Å². The van der Waals surface area contributed by atoms with Crippen molar-refractivity contribution in [1.29, 1.82) is 5.26 Å². The molecule has 2 heterocycles. The van der Waals surface area contributed by atoms with Crippen molar-refractivity contribution in [2.45, 2.75) is 43.8 Å². The zero-order chi connectivity index (χ0) is 17.5. The Labute approximate surface area is 130 Å². The smallest absolute Gasteiger partial charge is 0.292 e. The maximum absolute atomic E-state index is 13.1. The Morgan fingerprint density at radius 1 is 1.30 bits per heavy atom. The molecule has 0 aromatic carbocycles. The molecule has 9 heteroatoms. The van der Waals surface area contributed by atoms with Crippen LogP contribution in [0.15, 0.2) is 12.4 Å². The summed E-state index contributed by atoms with van der Waals surface area (Å²) in [6, 6.07) is 1.96. The fraction of sp³-hybridized carbons (Fsp3) is 0.714. The molecule has 2 rings (SSSR count). The molecule has 0 amide bonds. The van der Waals surface area contributed by atoms with Gasteiger partial charge in [-0.25, -0.2) is 0 Å². The zero-order valence-corrected chi connectivity index (χ0v) is 12.7. The average Bonchev–Trinajstić information content (AvgIpc) is 2.84. The molecule has 1 aliphatic heterocycles. The fourth-order valence-corrected chi connectivity index (χ4v) is 2.65. The first-order valence-corrected chi connectivity index (χ1v) is 7.10. The zero-order valence-electron chi connectivity index (χ0n) is 12.7. The standard InChI is InChI=1S/C14H17F5N4/c1-10(2)11-5-21-23(6-11)12(3-4-20)7-22(8-12)9-13(15,16)14(17,18)19/h5-6,10H,3,7-9H2,1-2H3. The maximum atomic E-state index is 13.1. The number of rotatable bonds is 5. The topological polar surface area (TPSA) is 44.9 Å². The molecule has 1 aromatic rings. The van der Waals surface area contributed by atoms with Gasteiger partial charge in [0.25, 0.3) is 0 Å². The molecule has 1 aromatic heterocycles. The van der Waals surface area contributed by atoms with Gasteiger partial charge in [0, 0.05) is 19.3 Å². The van der Waals surface area contributed by atoms with Crippen LogP contribution in [0, 0.1) is 11.3 Å². The van der Waals surface area contributed by atoms with Gasteiger partial charge in [-0.1, -0.05) is 13.8 Å². The van der Waals surface area contributed by atoms with Gasteiger partial charge in [0.05, 0.1) is 25.2 Å². The van der Waals surface area contributed by atoms with Gasteiger partial charge >= 0.3 is 12.1 Å². The summed E-state index contributed by atoms with van der Waals surface area (Å²) in [6.07, 6.45) is -2.23. The third-order valence-electron chi connectivity index (χ3n) is 4.04. The molecule has 0 N–H and O–H groups in total. The van der Waals surface area contributed by atoms with Gasteiger partial charge in [0.15, 0.2) is 0 Å². The summed E-state index contributed by atoms with van der Waals surface area (Å²) < 4.78 is 64.5. The Balaban J connectivity index is 2.11. The highest BCUT2D eigenvalue weighted by Crippen LogP contribution is 2.40. The van der Waals surface area contributed by atoms with Crippen molar-refractivity contribution in [2.24, 2.45) is 0 Å². The van der Waals surface area contributed by atoms with Crippen molar-refractivity contribution in [3.8, 4) is 6.07 Å². The first kappa shape index (κ1) is 17.7. The molecule has 0 aliphatic carbocycles. The Kier molecular flexibility index (Phi) is 4.41. The van der Waals surface area contributed by atoms with Crippen LogP contribution in [0.2, 0.25) is 0 Å². The van der Waals surface area contributed by atoms with Crippen LogP contribution >= 0.6 is 0 Å². The molecule has 0 spiro atoms. The van der Waals surface area contributed by atoms with Crippen molar-refractivity contribution < 1.29 is 22.0 Å². The summed E-state index contributed by atoms with van der Waals surface area (Å²) in [4.78, 5) is 1.00. The summed E-state index contributed by atoms with van der Waals surface area (Å²) in [5.41, 5.74) is 0.0743. The number of aromatic nitrogens is 2. The fourth-order valence-electron chi connectivity index (χ4n) is 2.65. The first-order valence-electron chi connectivity index (χ1n) is 7.10. The van der Waals surface area contributed by atoms with Gasteiger partial charge < -0.3 is 0 Å². The van der Waals surface area contributed by atoms with Crippen molar-refractivity contribution >= 4 is 0 Å². The maximum Gasteiger partial charge on any atom is 0.454 e. The van der Waals surface area contributed by atoms with E-state index in [2.05, 4.69) is 5.10 Å². The molecule has 128 valence electrons. The first-order chi connectivity index (χ1) is 10.5. The van der Waals surface area contributed by atoms with Gasteiger partial charge in [-0.2, -0.15) is 32.3 Å². The molecule has 0 unspecified atom stereocenters. The number of nitrogens with zero attached hydrogens (tertiary/aromatic N) is 4. The van der Waals surface area contributed by atoms with E-state index in [0.29, 0.717) is 0 Å². The predicted octanol–water partition coefficient (Wildman–Crippen LogP) is 3.13. The third kappa shape index (κ3) is 3.32. The lowest BCUT2D eigenvalue weighted by molar-refractivity contribution is -0.291. The minimum atomic E-state index is -5.57. The molecular formula is C14H17F5N4. The second kappa shape index (κ2) is 5.74. The molecule has 0 atom stereocenters. The summed E-state index contributed by atoms with van der Waals surface area (Å²) in [5.74, 6) is -4.56. The van der Waals surface area contributed by atoms with Crippen LogP contribution in [-0.2, 0) is 5.54 Å². The summed E-state index contributed by atoms with van der Waals surface area (Å²) in [6.45, 7) is 2.38. The number of alkyl halides is 5. The van der Waals surface area contributed by atoms with E-state index < -0.39 is 24.2 Å². The molecule has 1 saturated heterocycles. The van der Waals surface area contributed by atoms with E-state index in [9.17, 15) is 22.0 Å². The van der Waals surface area contributed by atoms with Gasteiger partial charge in [-0.15, -0.1) is 0 Å². The van der Waals surface area contributed by atoms with E-state index in [1.165, 1.54) is 4.68 Å². The summed E-state index contributed by atoms with van der Waals surface area (Å²) >= 11 is 0. The lowest BCUT2D eigenvalue weighted by Crippen LogP contribution is -2.65. The van der Waals surface area contributed by atoms with Gasteiger partial charge in [-0.3, -0.25) is 9.58 Å². The second-order valence-corrected chi connectivity index (χ2v) is 6.28. The number of halogens is 5. The summed E-state index contributed by atoms with van der Waals surface area (Å²) in [5, 5.41) is 13.1. The van der Waals surface area contributed by atoms with Crippen molar-refractivity contribution in [3.63, 3.8) is 0 Å². The minimum absolute atomic E-state index is 0.000302. The Morgan fingerprint density at radius 3 is 2.35 bits per heavy atom. The molecule has 0 saturated carbocycles.